The molecular formula is C25H23FN2O. The lowest BCUT2D eigenvalue weighted by atomic mass is 9.89. The smallest absolute Gasteiger partial charge is 0.256 e. The lowest BCUT2D eigenvalue weighted by molar-refractivity contribution is 0.204. The van der Waals surface area contributed by atoms with Crippen molar-refractivity contribution < 1.29 is 4.39 Å². The average molecular weight is 386 g/mol. The molecule has 0 unspecified atom stereocenters. The van der Waals surface area contributed by atoms with Crippen LogP contribution in [0.5, 0.6) is 0 Å². The summed E-state index contributed by atoms with van der Waals surface area (Å²) in [5.41, 5.74) is 3.31. The number of fused-ring (bicyclic) bond motifs is 3. The first-order valence-electron chi connectivity index (χ1n) is 10.2. The Hall–Kier alpha value is -2.98. The van der Waals surface area contributed by atoms with Gasteiger partial charge in [0.05, 0.1) is 0 Å². The first-order chi connectivity index (χ1) is 14.2. The Morgan fingerprint density at radius 1 is 0.897 bits per heavy atom. The zero-order valence-corrected chi connectivity index (χ0v) is 16.2. The van der Waals surface area contributed by atoms with Gasteiger partial charge in [0.1, 0.15) is 5.82 Å². The minimum atomic E-state index is -0.173. The van der Waals surface area contributed by atoms with Gasteiger partial charge in [-0.25, -0.2) is 4.39 Å². The Kier molecular flexibility index (Phi) is 4.64. The number of piperidine rings is 1. The van der Waals surface area contributed by atoms with Crippen molar-refractivity contribution in [3.63, 3.8) is 0 Å². The number of halogens is 1. The van der Waals surface area contributed by atoms with E-state index in [0.29, 0.717) is 5.92 Å². The Morgan fingerprint density at radius 3 is 2.38 bits per heavy atom. The number of aromatic amines is 1. The van der Waals surface area contributed by atoms with Crippen LogP contribution in [0.25, 0.3) is 21.7 Å². The summed E-state index contributed by atoms with van der Waals surface area (Å²) in [6.45, 7) is 2.92. The maximum Gasteiger partial charge on any atom is 0.256 e. The van der Waals surface area contributed by atoms with E-state index in [1.165, 1.54) is 11.1 Å². The number of likely N-dealkylation sites (tertiary alicyclic amines) is 1. The van der Waals surface area contributed by atoms with E-state index in [9.17, 15) is 9.18 Å². The van der Waals surface area contributed by atoms with E-state index in [2.05, 4.69) is 28.1 Å². The molecule has 146 valence electrons. The summed E-state index contributed by atoms with van der Waals surface area (Å²) < 4.78 is 13.2. The van der Waals surface area contributed by atoms with Gasteiger partial charge in [0.2, 0.25) is 0 Å². The van der Waals surface area contributed by atoms with Crippen LogP contribution in [0.4, 0.5) is 4.39 Å². The van der Waals surface area contributed by atoms with Gasteiger partial charge in [-0.15, -0.1) is 0 Å². The van der Waals surface area contributed by atoms with Crippen molar-refractivity contribution in [2.24, 2.45) is 0 Å². The van der Waals surface area contributed by atoms with E-state index in [-0.39, 0.29) is 11.4 Å². The summed E-state index contributed by atoms with van der Waals surface area (Å²) in [4.78, 5) is 17.9. The highest BCUT2D eigenvalue weighted by atomic mass is 19.1. The predicted molar refractivity (Wildman–Crippen MR) is 116 cm³/mol. The highest BCUT2D eigenvalue weighted by Gasteiger charge is 2.20. The lowest BCUT2D eigenvalue weighted by Gasteiger charge is -2.32. The Labute approximate surface area is 168 Å². The number of hydrogen-bond donors (Lipinski definition) is 1. The molecule has 4 aromatic rings. The number of rotatable bonds is 3. The third-order valence-corrected chi connectivity index (χ3v) is 6.13. The lowest BCUT2D eigenvalue weighted by Crippen LogP contribution is -2.32. The van der Waals surface area contributed by atoms with Gasteiger partial charge < -0.3 is 4.98 Å². The molecule has 4 heteroatoms. The van der Waals surface area contributed by atoms with Crippen LogP contribution in [0, 0.1) is 5.82 Å². The molecule has 0 atom stereocenters. The van der Waals surface area contributed by atoms with E-state index in [4.69, 9.17) is 0 Å². The fourth-order valence-corrected chi connectivity index (χ4v) is 4.55. The van der Waals surface area contributed by atoms with Crippen molar-refractivity contribution in [2.45, 2.75) is 25.3 Å². The molecule has 0 saturated carbocycles. The zero-order chi connectivity index (χ0) is 19.8. The summed E-state index contributed by atoms with van der Waals surface area (Å²) in [5.74, 6) is 0.333. The van der Waals surface area contributed by atoms with E-state index in [1.807, 2.05) is 36.4 Å². The Balaban J connectivity index is 1.33. The largest absolute Gasteiger partial charge is 0.321 e. The average Bonchev–Trinajstić information content (AvgIpc) is 2.75. The minimum Gasteiger partial charge on any atom is -0.321 e. The molecule has 0 radical (unpaired) electrons. The molecule has 5 rings (SSSR count). The van der Waals surface area contributed by atoms with E-state index < -0.39 is 0 Å². The van der Waals surface area contributed by atoms with E-state index >= 15 is 0 Å². The van der Waals surface area contributed by atoms with E-state index in [1.54, 1.807) is 12.1 Å². The molecule has 1 aliphatic rings. The fraction of sp³-hybridized carbons (Fsp3) is 0.240. The highest BCUT2D eigenvalue weighted by Crippen LogP contribution is 2.29. The number of aromatic nitrogens is 1. The van der Waals surface area contributed by atoms with Crippen molar-refractivity contribution in [2.75, 3.05) is 13.1 Å². The molecule has 0 aliphatic carbocycles. The fourth-order valence-electron chi connectivity index (χ4n) is 4.55. The SMILES string of the molecule is O=c1[nH]c2cc(CN3CCC(c4ccc(F)cc4)CC3)ccc2c2ccccc12. The first-order valence-corrected chi connectivity index (χ1v) is 10.2. The maximum absolute atomic E-state index is 13.2. The summed E-state index contributed by atoms with van der Waals surface area (Å²) in [5, 5.41) is 2.81. The van der Waals surface area contributed by atoms with Crippen LogP contribution in [-0.2, 0) is 6.54 Å². The third-order valence-electron chi connectivity index (χ3n) is 6.13. The molecule has 2 heterocycles. The molecule has 0 spiro atoms. The van der Waals surface area contributed by atoms with Crippen LogP contribution >= 0.6 is 0 Å². The Bertz CT molecular complexity index is 1220. The molecule has 29 heavy (non-hydrogen) atoms. The molecule has 1 fully saturated rings. The van der Waals surface area contributed by atoms with Gasteiger partial charge in [-0.2, -0.15) is 0 Å². The van der Waals surface area contributed by atoms with Gasteiger partial charge in [0, 0.05) is 22.8 Å². The van der Waals surface area contributed by atoms with Crippen molar-refractivity contribution in [3.05, 3.63) is 94.0 Å². The highest BCUT2D eigenvalue weighted by molar-refractivity contribution is 6.05. The molecule has 1 saturated heterocycles. The summed E-state index contributed by atoms with van der Waals surface area (Å²) in [6, 6.07) is 21.1. The van der Waals surface area contributed by atoms with Crippen LogP contribution < -0.4 is 5.56 Å². The molecule has 3 aromatic carbocycles. The van der Waals surface area contributed by atoms with Crippen LogP contribution in [0.2, 0.25) is 0 Å². The van der Waals surface area contributed by atoms with Crippen molar-refractivity contribution in [3.8, 4) is 0 Å². The normalized spacial score (nSPS) is 15.9. The van der Waals surface area contributed by atoms with Gasteiger partial charge in [-0.05, 0) is 72.6 Å². The number of pyridine rings is 1. The molecule has 1 aromatic heterocycles. The number of H-pyrrole nitrogens is 1. The quantitative estimate of drug-likeness (QED) is 0.491. The number of nitrogens with zero attached hydrogens (tertiary/aromatic N) is 1. The monoisotopic (exact) mass is 386 g/mol. The number of benzene rings is 3. The number of nitrogens with one attached hydrogen (secondary N) is 1. The summed E-state index contributed by atoms with van der Waals surface area (Å²) >= 11 is 0. The van der Waals surface area contributed by atoms with Crippen molar-refractivity contribution in [1.29, 1.82) is 0 Å². The second-order valence-corrected chi connectivity index (χ2v) is 7.98. The first kappa shape index (κ1) is 18.1. The van der Waals surface area contributed by atoms with Crippen molar-refractivity contribution in [1.82, 2.24) is 9.88 Å². The Morgan fingerprint density at radius 2 is 1.62 bits per heavy atom. The van der Waals surface area contributed by atoms with Gasteiger partial charge in [-0.3, -0.25) is 9.69 Å². The summed E-state index contributed by atoms with van der Waals surface area (Å²) in [7, 11) is 0. The second kappa shape index (κ2) is 7.45. The van der Waals surface area contributed by atoms with Crippen LogP contribution in [0.15, 0.2) is 71.5 Å². The third kappa shape index (κ3) is 3.56. The van der Waals surface area contributed by atoms with Gasteiger partial charge in [-0.1, -0.05) is 42.5 Å². The predicted octanol–water partition coefficient (Wildman–Crippen LogP) is 5.20. The van der Waals surface area contributed by atoms with Gasteiger partial charge in [0.15, 0.2) is 0 Å². The van der Waals surface area contributed by atoms with Gasteiger partial charge >= 0.3 is 0 Å². The second-order valence-electron chi connectivity index (χ2n) is 7.98. The zero-order valence-electron chi connectivity index (χ0n) is 16.2. The topological polar surface area (TPSA) is 36.1 Å². The molecule has 3 nitrogen and oxygen atoms in total. The van der Waals surface area contributed by atoms with Crippen LogP contribution in [0.1, 0.15) is 29.9 Å². The minimum absolute atomic E-state index is 0.0367. The van der Waals surface area contributed by atoms with Crippen LogP contribution in [0.3, 0.4) is 0 Å². The van der Waals surface area contributed by atoms with Crippen LogP contribution in [-0.4, -0.2) is 23.0 Å². The molecule has 0 amide bonds. The molecule has 1 aliphatic heterocycles. The molecule has 0 bridgehead atoms. The van der Waals surface area contributed by atoms with Crippen molar-refractivity contribution >= 4 is 21.7 Å². The maximum atomic E-state index is 13.2. The number of hydrogen-bond acceptors (Lipinski definition) is 2. The standard InChI is InChI=1S/C25H23FN2O/c26-20-8-6-18(7-9-20)19-11-13-28(14-12-19)16-17-5-10-22-21-3-1-2-4-23(21)25(29)27-24(22)15-17/h1-10,15,19H,11-14,16H2,(H,27,29). The summed E-state index contributed by atoms with van der Waals surface area (Å²) in [6.07, 6.45) is 2.17. The van der Waals surface area contributed by atoms with Gasteiger partial charge in [0.25, 0.3) is 5.56 Å². The molecular weight excluding hydrogens is 363 g/mol. The molecule has 1 N–H and O–H groups in total. The van der Waals surface area contributed by atoms with E-state index in [0.717, 1.165) is 54.2 Å².